The Balaban J connectivity index is 2.05. The van der Waals surface area contributed by atoms with Gasteiger partial charge >= 0.3 is 6.18 Å². The number of halogens is 3. The number of hydrogen-bond acceptors (Lipinski definition) is 4. The Kier molecular flexibility index (Phi) is 5.29. The molecule has 1 aromatic heterocycles. The highest BCUT2D eigenvalue weighted by Crippen LogP contribution is 2.42. The van der Waals surface area contributed by atoms with Crippen LogP contribution in [0.3, 0.4) is 0 Å². The molecular formula is C16H22F3NO4. The molecule has 0 radical (unpaired) electrons. The largest absolute Gasteiger partial charge is 0.463 e. The second-order valence-corrected chi connectivity index (χ2v) is 6.51. The molecule has 1 aliphatic rings. The monoisotopic (exact) mass is 349 g/mol. The first kappa shape index (κ1) is 18.8. The van der Waals surface area contributed by atoms with Gasteiger partial charge in [-0.05, 0) is 31.9 Å². The zero-order chi connectivity index (χ0) is 18.0. The molecule has 8 heteroatoms. The Hall–Kier alpha value is -1.54. The highest BCUT2D eigenvalue weighted by molar-refractivity contribution is 5.77. The molecule has 136 valence electrons. The van der Waals surface area contributed by atoms with E-state index < -0.39 is 35.5 Å². The van der Waals surface area contributed by atoms with Crippen LogP contribution in [0.2, 0.25) is 0 Å². The van der Waals surface area contributed by atoms with Crippen molar-refractivity contribution in [3.05, 3.63) is 23.7 Å². The summed E-state index contributed by atoms with van der Waals surface area (Å²) in [4.78, 5) is 11.9. The second kappa shape index (κ2) is 6.76. The van der Waals surface area contributed by atoms with Crippen molar-refractivity contribution in [3.63, 3.8) is 0 Å². The molecule has 1 unspecified atom stereocenters. The molecule has 5 nitrogen and oxygen atoms in total. The first-order chi connectivity index (χ1) is 11.1. The molecule has 1 aliphatic carbocycles. The normalized spacial score (nSPS) is 20.4. The van der Waals surface area contributed by atoms with E-state index in [4.69, 9.17) is 4.42 Å². The van der Waals surface area contributed by atoms with Gasteiger partial charge in [0.25, 0.3) is 0 Å². The van der Waals surface area contributed by atoms with Gasteiger partial charge in [0.2, 0.25) is 11.5 Å². The molecule has 1 amide bonds. The van der Waals surface area contributed by atoms with Gasteiger partial charge in [-0.2, -0.15) is 13.2 Å². The fourth-order valence-electron chi connectivity index (χ4n) is 2.93. The van der Waals surface area contributed by atoms with Crippen molar-refractivity contribution in [1.29, 1.82) is 0 Å². The average molecular weight is 349 g/mol. The van der Waals surface area contributed by atoms with E-state index in [9.17, 15) is 28.2 Å². The summed E-state index contributed by atoms with van der Waals surface area (Å²) in [6.07, 6.45) is -2.70. The first-order valence-corrected chi connectivity index (χ1v) is 7.91. The minimum absolute atomic E-state index is 0.128. The zero-order valence-corrected chi connectivity index (χ0v) is 13.4. The van der Waals surface area contributed by atoms with E-state index in [2.05, 4.69) is 5.32 Å². The summed E-state index contributed by atoms with van der Waals surface area (Å²) >= 11 is 0. The SMILES string of the molecule is Cc1ccc(C(O)(CC(=O)NCC2(O)CCCCC2)C(F)(F)F)o1. The van der Waals surface area contributed by atoms with Gasteiger partial charge in [0.1, 0.15) is 11.5 Å². The molecule has 24 heavy (non-hydrogen) atoms. The van der Waals surface area contributed by atoms with Crippen LogP contribution in [0, 0.1) is 6.92 Å². The van der Waals surface area contributed by atoms with Crippen molar-refractivity contribution in [3.8, 4) is 0 Å². The highest BCUT2D eigenvalue weighted by Gasteiger charge is 2.58. The third-order valence-electron chi connectivity index (χ3n) is 4.43. The Morgan fingerprint density at radius 2 is 1.92 bits per heavy atom. The van der Waals surface area contributed by atoms with Crippen LogP contribution in [0.5, 0.6) is 0 Å². The van der Waals surface area contributed by atoms with E-state index in [0.29, 0.717) is 12.8 Å². The van der Waals surface area contributed by atoms with E-state index in [0.717, 1.165) is 25.3 Å². The quantitative estimate of drug-likeness (QED) is 0.763. The number of carbonyl (C=O) groups is 1. The maximum atomic E-state index is 13.3. The summed E-state index contributed by atoms with van der Waals surface area (Å²) in [5.74, 6) is -1.52. The van der Waals surface area contributed by atoms with Gasteiger partial charge in [-0.3, -0.25) is 4.79 Å². The van der Waals surface area contributed by atoms with Crippen LogP contribution >= 0.6 is 0 Å². The van der Waals surface area contributed by atoms with Crippen molar-refractivity contribution >= 4 is 5.91 Å². The van der Waals surface area contributed by atoms with Crippen LogP contribution in [-0.4, -0.2) is 34.4 Å². The third kappa shape index (κ3) is 4.10. The summed E-state index contributed by atoms with van der Waals surface area (Å²) < 4.78 is 44.8. The fourth-order valence-corrected chi connectivity index (χ4v) is 2.93. The first-order valence-electron chi connectivity index (χ1n) is 7.91. The predicted octanol–water partition coefficient (Wildman–Crippen LogP) is 2.54. The number of amides is 1. The maximum absolute atomic E-state index is 13.3. The lowest BCUT2D eigenvalue weighted by atomic mass is 9.85. The van der Waals surface area contributed by atoms with Crippen molar-refractivity contribution < 1.29 is 32.6 Å². The molecule has 0 spiro atoms. The second-order valence-electron chi connectivity index (χ2n) is 6.51. The summed E-state index contributed by atoms with van der Waals surface area (Å²) in [7, 11) is 0. The standard InChI is InChI=1S/C16H22F3NO4/c1-11-5-6-12(24-11)15(23,16(17,18)19)9-13(21)20-10-14(22)7-3-2-4-8-14/h5-6,22-23H,2-4,7-10H2,1H3,(H,20,21). The van der Waals surface area contributed by atoms with Gasteiger partial charge in [0.05, 0.1) is 12.0 Å². The number of alkyl halides is 3. The molecule has 1 atom stereocenters. The van der Waals surface area contributed by atoms with E-state index in [1.165, 1.54) is 13.0 Å². The number of furan rings is 1. The van der Waals surface area contributed by atoms with Crippen LogP contribution in [0.15, 0.2) is 16.5 Å². The molecule has 0 saturated heterocycles. The molecule has 2 rings (SSSR count). The topological polar surface area (TPSA) is 82.7 Å². The van der Waals surface area contributed by atoms with Gasteiger partial charge in [-0.1, -0.05) is 19.3 Å². The van der Waals surface area contributed by atoms with Crippen molar-refractivity contribution in [2.45, 2.75) is 62.8 Å². The molecular weight excluding hydrogens is 327 g/mol. The number of hydrogen-bond donors (Lipinski definition) is 3. The van der Waals surface area contributed by atoms with Gasteiger partial charge in [-0.25, -0.2) is 0 Å². The molecule has 0 bridgehead atoms. The third-order valence-corrected chi connectivity index (χ3v) is 4.43. The average Bonchev–Trinajstić information content (AvgIpc) is 2.92. The zero-order valence-electron chi connectivity index (χ0n) is 13.4. The number of aryl methyl sites for hydroxylation is 1. The van der Waals surface area contributed by atoms with Crippen molar-refractivity contribution in [2.75, 3.05) is 6.54 Å². The maximum Gasteiger partial charge on any atom is 0.425 e. The molecule has 3 N–H and O–H groups in total. The van der Waals surface area contributed by atoms with Crippen molar-refractivity contribution in [1.82, 2.24) is 5.32 Å². The summed E-state index contributed by atoms with van der Waals surface area (Å²) in [5, 5.41) is 22.6. The van der Waals surface area contributed by atoms with E-state index >= 15 is 0 Å². The van der Waals surface area contributed by atoms with E-state index in [1.54, 1.807) is 0 Å². The minimum Gasteiger partial charge on any atom is -0.463 e. The van der Waals surface area contributed by atoms with Crippen LogP contribution in [0.1, 0.15) is 50.0 Å². The van der Waals surface area contributed by atoms with Crippen LogP contribution in [-0.2, 0) is 10.4 Å². The van der Waals surface area contributed by atoms with E-state index in [-0.39, 0.29) is 12.3 Å². The van der Waals surface area contributed by atoms with Gasteiger partial charge in [-0.15, -0.1) is 0 Å². The summed E-state index contributed by atoms with van der Waals surface area (Å²) in [5.41, 5.74) is -4.49. The number of carbonyl (C=O) groups excluding carboxylic acids is 1. The highest BCUT2D eigenvalue weighted by atomic mass is 19.4. The van der Waals surface area contributed by atoms with E-state index in [1.807, 2.05) is 0 Å². The molecule has 1 saturated carbocycles. The molecule has 1 aromatic rings. The van der Waals surface area contributed by atoms with Crippen LogP contribution in [0.25, 0.3) is 0 Å². The molecule has 1 heterocycles. The van der Waals surface area contributed by atoms with Gasteiger partial charge < -0.3 is 19.9 Å². The van der Waals surface area contributed by atoms with Crippen LogP contribution < -0.4 is 5.32 Å². The number of aliphatic hydroxyl groups is 2. The van der Waals surface area contributed by atoms with Gasteiger partial charge in [0, 0.05) is 6.54 Å². The Morgan fingerprint density at radius 3 is 2.42 bits per heavy atom. The van der Waals surface area contributed by atoms with Crippen LogP contribution in [0.4, 0.5) is 13.2 Å². The predicted molar refractivity (Wildman–Crippen MR) is 79.1 cm³/mol. The Morgan fingerprint density at radius 1 is 1.29 bits per heavy atom. The molecule has 1 fully saturated rings. The molecule has 0 aromatic carbocycles. The Labute approximate surface area is 137 Å². The lowest BCUT2D eigenvalue weighted by molar-refractivity contribution is -0.273. The lowest BCUT2D eigenvalue weighted by Crippen LogP contribution is -2.49. The van der Waals surface area contributed by atoms with Crippen molar-refractivity contribution in [2.24, 2.45) is 0 Å². The Bertz CT molecular complexity index is 578. The fraction of sp³-hybridized carbons (Fsp3) is 0.688. The lowest BCUT2D eigenvalue weighted by Gasteiger charge is -2.33. The summed E-state index contributed by atoms with van der Waals surface area (Å²) in [6.45, 7) is 1.32. The number of nitrogens with one attached hydrogen (secondary N) is 1. The molecule has 0 aliphatic heterocycles. The summed E-state index contributed by atoms with van der Waals surface area (Å²) in [6, 6.07) is 2.29. The number of rotatable bonds is 5. The smallest absolute Gasteiger partial charge is 0.425 e. The van der Waals surface area contributed by atoms with Gasteiger partial charge in [0.15, 0.2) is 0 Å². The minimum atomic E-state index is -5.07.